The number of halogens is 1. The van der Waals surface area contributed by atoms with Crippen molar-refractivity contribution < 1.29 is 17.9 Å². The van der Waals surface area contributed by atoms with Gasteiger partial charge in [0.1, 0.15) is 10.7 Å². The minimum absolute atomic E-state index is 0.0301. The molecule has 0 amide bonds. The SMILES string of the molecule is CNS(=O)(=O)c1cc(CO)c(CCc2ccco2)cc1Cl. The molecule has 0 unspecified atom stereocenters. The quantitative estimate of drug-likeness (QED) is 0.850. The van der Waals surface area contributed by atoms with Crippen molar-refractivity contribution in [3.63, 3.8) is 0 Å². The molecule has 0 bridgehead atoms. The summed E-state index contributed by atoms with van der Waals surface area (Å²) in [7, 11) is -2.33. The standard InChI is InChI=1S/C14H16ClNO4S/c1-16-21(18,19)14-8-11(9-17)10(7-13(14)15)4-5-12-3-2-6-20-12/h2-3,6-8,16-17H,4-5,9H2,1H3. The summed E-state index contributed by atoms with van der Waals surface area (Å²) in [6.45, 7) is -0.253. The van der Waals surface area contributed by atoms with Crippen LogP contribution in [0.3, 0.4) is 0 Å². The lowest BCUT2D eigenvalue weighted by Gasteiger charge is -2.12. The van der Waals surface area contributed by atoms with Crippen LogP contribution >= 0.6 is 11.6 Å². The van der Waals surface area contributed by atoms with Gasteiger partial charge < -0.3 is 9.52 Å². The lowest BCUT2D eigenvalue weighted by Crippen LogP contribution is -2.19. The predicted octanol–water partition coefficient (Wildman–Crippen LogP) is 2.12. The first kappa shape index (κ1) is 16.0. The van der Waals surface area contributed by atoms with Crippen molar-refractivity contribution in [3.05, 3.63) is 52.4 Å². The Morgan fingerprint density at radius 3 is 2.62 bits per heavy atom. The molecule has 0 aliphatic heterocycles. The number of aliphatic hydroxyl groups excluding tert-OH is 1. The van der Waals surface area contributed by atoms with Crippen LogP contribution in [-0.4, -0.2) is 20.6 Å². The van der Waals surface area contributed by atoms with Gasteiger partial charge in [0.05, 0.1) is 17.9 Å². The van der Waals surface area contributed by atoms with Crippen molar-refractivity contribution in [1.29, 1.82) is 0 Å². The second-order valence-corrected chi connectivity index (χ2v) is 6.76. The molecule has 114 valence electrons. The zero-order valence-electron chi connectivity index (χ0n) is 11.5. The summed E-state index contributed by atoms with van der Waals surface area (Å²) in [5.74, 6) is 0.821. The average molecular weight is 330 g/mol. The van der Waals surface area contributed by atoms with Gasteiger partial charge in [0.25, 0.3) is 0 Å². The van der Waals surface area contributed by atoms with Gasteiger partial charge in [0, 0.05) is 6.42 Å². The molecule has 1 aromatic heterocycles. The summed E-state index contributed by atoms with van der Waals surface area (Å²) >= 11 is 6.06. The first-order valence-electron chi connectivity index (χ1n) is 6.36. The number of sulfonamides is 1. The van der Waals surface area contributed by atoms with E-state index in [1.54, 1.807) is 18.4 Å². The third kappa shape index (κ3) is 3.65. The number of aryl methyl sites for hydroxylation is 2. The summed E-state index contributed by atoms with van der Waals surface area (Å²) in [5.41, 5.74) is 1.34. The number of aliphatic hydroxyl groups is 1. The van der Waals surface area contributed by atoms with E-state index in [-0.39, 0.29) is 16.5 Å². The van der Waals surface area contributed by atoms with Gasteiger partial charge in [-0.05, 0) is 48.9 Å². The number of rotatable bonds is 6. The highest BCUT2D eigenvalue weighted by molar-refractivity contribution is 7.89. The topological polar surface area (TPSA) is 79.5 Å². The van der Waals surface area contributed by atoms with Gasteiger partial charge in [0.15, 0.2) is 0 Å². The summed E-state index contributed by atoms with van der Waals surface area (Å²) in [5, 5.41) is 9.58. The minimum Gasteiger partial charge on any atom is -0.469 e. The number of benzene rings is 1. The van der Waals surface area contributed by atoms with Gasteiger partial charge in [-0.3, -0.25) is 0 Å². The lowest BCUT2D eigenvalue weighted by atomic mass is 10.0. The van der Waals surface area contributed by atoms with E-state index in [0.717, 1.165) is 11.3 Å². The molecular weight excluding hydrogens is 314 g/mol. The average Bonchev–Trinajstić information content (AvgIpc) is 2.98. The van der Waals surface area contributed by atoms with E-state index < -0.39 is 10.0 Å². The van der Waals surface area contributed by atoms with Gasteiger partial charge >= 0.3 is 0 Å². The van der Waals surface area contributed by atoms with E-state index in [1.165, 1.54) is 13.1 Å². The van der Waals surface area contributed by atoms with Gasteiger partial charge in [-0.1, -0.05) is 11.6 Å². The smallest absolute Gasteiger partial charge is 0.241 e. The summed E-state index contributed by atoms with van der Waals surface area (Å²) in [6, 6.07) is 6.66. The van der Waals surface area contributed by atoms with Crippen molar-refractivity contribution in [2.75, 3.05) is 7.05 Å². The first-order chi connectivity index (χ1) is 9.97. The Morgan fingerprint density at radius 1 is 1.29 bits per heavy atom. The lowest BCUT2D eigenvalue weighted by molar-refractivity contribution is 0.280. The summed E-state index contributed by atoms with van der Waals surface area (Å²) in [4.78, 5) is -0.0301. The third-order valence-electron chi connectivity index (χ3n) is 3.20. The maximum Gasteiger partial charge on any atom is 0.241 e. The molecule has 0 saturated heterocycles. The van der Waals surface area contributed by atoms with Gasteiger partial charge in [-0.15, -0.1) is 0 Å². The van der Waals surface area contributed by atoms with Gasteiger partial charge in [-0.25, -0.2) is 13.1 Å². The number of nitrogens with one attached hydrogen (secondary N) is 1. The molecule has 0 aliphatic rings. The zero-order valence-corrected chi connectivity index (χ0v) is 13.0. The second-order valence-electron chi connectivity index (χ2n) is 4.50. The highest BCUT2D eigenvalue weighted by Crippen LogP contribution is 2.26. The molecule has 0 aliphatic carbocycles. The van der Waals surface area contributed by atoms with Crippen LogP contribution in [0.15, 0.2) is 39.8 Å². The Kier molecular flexibility index (Phi) is 5.05. The molecule has 21 heavy (non-hydrogen) atoms. The van der Waals surface area contributed by atoms with Crippen LogP contribution in [0.25, 0.3) is 0 Å². The first-order valence-corrected chi connectivity index (χ1v) is 8.22. The van der Waals surface area contributed by atoms with Gasteiger partial charge in [-0.2, -0.15) is 0 Å². The Hall–Kier alpha value is -1.34. The Labute approximate surface area is 128 Å². The van der Waals surface area contributed by atoms with Crippen LogP contribution in [-0.2, 0) is 29.5 Å². The van der Waals surface area contributed by atoms with Crippen LogP contribution in [0.2, 0.25) is 5.02 Å². The molecule has 0 fully saturated rings. The molecule has 0 saturated carbocycles. The van der Waals surface area contributed by atoms with Crippen molar-refractivity contribution in [2.24, 2.45) is 0 Å². The molecule has 2 rings (SSSR count). The van der Waals surface area contributed by atoms with Crippen molar-refractivity contribution >= 4 is 21.6 Å². The van der Waals surface area contributed by atoms with Crippen LogP contribution < -0.4 is 4.72 Å². The molecule has 0 spiro atoms. The predicted molar refractivity (Wildman–Crippen MR) is 79.7 cm³/mol. The molecule has 1 aromatic carbocycles. The maximum atomic E-state index is 11.9. The molecular formula is C14H16ClNO4S. The van der Waals surface area contributed by atoms with E-state index >= 15 is 0 Å². The molecule has 0 atom stereocenters. The largest absolute Gasteiger partial charge is 0.469 e. The fourth-order valence-electron chi connectivity index (χ4n) is 2.05. The van der Waals surface area contributed by atoms with E-state index in [1.807, 2.05) is 6.07 Å². The fourth-order valence-corrected chi connectivity index (χ4v) is 3.37. The Bertz CT molecular complexity index is 711. The highest BCUT2D eigenvalue weighted by atomic mass is 35.5. The fraction of sp³-hybridized carbons (Fsp3) is 0.286. The highest BCUT2D eigenvalue weighted by Gasteiger charge is 2.18. The van der Waals surface area contributed by atoms with Crippen LogP contribution in [0.1, 0.15) is 16.9 Å². The monoisotopic (exact) mass is 329 g/mol. The second kappa shape index (κ2) is 6.62. The summed E-state index contributed by atoms with van der Waals surface area (Å²) < 4.78 is 31.2. The molecule has 0 radical (unpaired) electrons. The number of furan rings is 1. The molecule has 7 heteroatoms. The number of hydrogen-bond donors (Lipinski definition) is 2. The van der Waals surface area contributed by atoms with E-state index in [2.05, 4.69) is 4.72 Å². The molecule has 2 aromatic rings. The van der Waals surface area contributed by atoms with Crippen LogP contribution in [0.5, 0.6) is 0 Å². The van der Waals surface area contributed by atoms with E-state index in [0.29, 0.717) is 18.4 Å². The normalized spacial score (nSPS) is 11.8. The zero-order chi connectivity index (χ0) is 15.5. The van der Waals surface area contributed by atoms with E-state index in [9.17, 15) is 13.5 Å². The van der Waals surface area contributed by atoms with Crippen LogP contribution in [0.4, 0.5) is 0 Å². The maximum absolute atomic E-state index is 11.9. The summed E-state index contributed by atoms with van der Waals surface area (Å²) in [6.07, 6.45) is 2.84. The molecule has 5 nitrogen and oxygen atoms in total. The third-order valence-corrected chi connectivity index (χ3v) is 5.08. The van der Waals surface area contributed by atoms with E-state index in [4.69, 9.17) is 16.0 Å². The van der Waals surface area contributed by atoms with Crippen molar-refractivity contribution in [2.45, 2.75) is 24.3 Å². The Balaban J connectivity index is 2.33. The van der Waals surface area contributed by atoms with Crippen LogP contribution in [0, 0.1) is 0 Å². The minimum atomic E-state index is -3.65. The molecule has 2 N–H and O–H groups in total. The van der Waals surface area contributed by atoms with Crippen molar-refractivity contribution in [1.82, 2.24) is 4.72 Å². The van der Waals surface area contributed by atoms with Crippen molar-refractivity contribution in [3.8, 4) is 0 Å². The Morgan fingerprint density at radius 2 is 2.05 bits per heavy atom. The number of hydrogen-bond acceptors (Lipinski definition) is 4. The molecule has 1 heterocycles. The van der Waals surface area contributed by atoms with Gasteiger partial charge in [0.2, 0.25) is 10.0 Å².